The Balaban J connectivity index is 1.95. The molecule has 0 unspecified atom stereocenters. The van der Waals surface area contributed by atoms with E-state index < -0.39 is 0 Å². The van der Waals surface area contributed by atoms with Crippen LogP contribution in [0.5, 0.6) is 0 Å². The van der Waals surface area contributed by atoms with Gasteiger partial charge in [0.25, 0.3) is 0 Å². The number of hydrogen-bond donors (Lipinski definition) is 0. The van der Waals surface area contributed by atoms with Crippen LogP contribution < -0.4 is 0 Å². The number of aryl methyl sites for hydroxylation is 1. The average Bonchev–Trinajstić information content (AvgIpc) is 2.48. The first kappa shape index (κ1) is 14.5. The Kier molecular flexibility index (Phi) is 5.12. The fourth-order valence-corrected chi connectivity index (χ4v) is 2.00. The highest BCUT2D eigenvalue weighted by Gasteiger charge is 2.12. The Morgan fingerprint density at radius 1 is 1.15 bits per heavy atom. The van der Waals surface area contributed by atoms with Crippen LogP contribution in [-0.4, -0.2) is 37.9 Å². The number of likely N-dealkylation sites (N-methyl/N-ethyl adjacent to an activating group) is 1. The van der Waals surface area contributed by atoms with Crippen LogP contribution in [0.1, 0.15) is 31.1 Å². The summed E-state index contributed by atoms with van der Waals surface area (Å²) < 4.78 is 0. The Morgan fingerprint density at radius 3 is 2.70 bits per heavy atom. The van der Waals surface area contributed by atoms with Crippen molar-refractivity contribution in [1.82, 2.24) is 24.8 Å². The third kappa shape index (κ3) is 4.06. The first-order valence-electron chi connectivity index (χ1n) is 6.95. The van der Waals surface area contributed by atoms with E-state index in [0.717, 1.165) is 36.6 Å². The molecule has 0 aliphatic carbocycles. The molecule has 106 valence electrons. The van der Waals surface area contributed by atoms with E-state index in [2.05, 4.69) is 45.7 Å². The van der Waals surface area contributed by atoms with Crippen molar-refractivity contribution in [2.45, 2.75) is 39.3 Å². The van der Waals surface area contributed by atoms with Gasteiger partial charge in [0.2, 0.25) is 0 Å². The molecular formula is C15H21N5. The third-order valence-corrected chi connectivity index (χ3v) is 3.36. The van der Waals surface area contributed by atoms with Crippen LogP contribution in [0.15, 0.2) is 30.9 Å². The van der Waals surface area contributed by atoms with Crippen molar-refractivity contribution < 1.29 is 0 Å². The maximum absolute atomic E-state index is 4.54. The summed E-state index contributed by atoms with van der Waals surface area (Å²) in [7, 11) is 2.11. The summed E-state index contributed by atoms with van der Waals surface area (Å²) in [5.74, 6) is 0.900. The van der Waals surface area contributed by atoms with Crippen molar-refractivity contribution in [1.29, 1.82) is 0 Å². The van der Waals surface area contributed by atoms with Gasteiger partial charge in [0, 0.05) is 50.2 Å². The molecule has 2 aromatic rings. The van der Waals surface area contributed by atoms with E-state index in [1.54, 1.807) is 12.4 Å². The Morgan fingerprint density at radius 2 is 2.00 bits per heavy atom. The summed E-state index contributed by atoms with van der Waals surface area (Å²) in [5.41, 5.74) is 2.08. The van der Waals surface area contributed by atoms with Crippen LogP contribution in [0.4, 0.5) is 0 Å². The first-order chi connectivity index (χ1) is 9.69. The van der Waals surface area contributed by atoms with Gasteiger partial charge in [-0.3, -0.25) is 14.9 Å². The molecule has 0 spiro atoms. The normalized spacial score (nSPS) is 12.6. The fraction of sp³-hybridized carbons (Fsp3) is 0.467. The van der Waals surface area contributed by atoms with Gasteiger partial charge in [-0.05, 0) is 20.0 Å². The van der Waals surface area contributed by atoms with Crippen LogP contribution in [0.2, 0.25) is 0 Å². The lowest BCUT2D eigenvalue weighted by Crippen LogP contribution is -2.31. The molecule has 2 rings (SSSR count). The minimum Gasteiger partial charge on any atom is -0.297 e. The zero-order valence-corrected chi connectivity index (χ0v) is 12.3. The van der Waals surface area contributed by atoms with Gasteiger partial charge in [-0.15, -0.1) is 0 Å². The second-order valence-corrected chi connectivity index (χ2v) is 4.98. The highest BCUT2D eigenvalue weighted by atomic mass is 15.1. The predicted molar refractivity (Wildman–Crippen MR) is 78.1 cm³/mol. The summed E-state index contributed by atoms with van der Waals surface area (Å²) in [4.78, 5) is 19.5. The molecule has 0 aliphatic rings. The SMILES string of the molecule is CCc1nccc(CN(C)[C@H](C)Cc2cnccn2)n1. The molecule has 0 saturated carbocycles. The predicted octanol–water partition coefficient (Wildman–Crippen LogP) is 1.89. The molecule has 2 aromatic heterocycles. The van der Waals surface area contributed by atoms with Gasteiger partial charge in [0.05, 0.1) is 11.4 Å². The summed E-state index contributed by atoms with van der Waals surface area (Å²) in [6, 6.07) is 2.36. The molecule has 0 fully saturated rings. The Hall–Kier alpha value is -1.88. The van der Waals surface area contributed by atoms with Gasteiger partial charge in [0.1, 0.15) is 5.82 Å². The lowest BCUT2D eigenvalue weighted by Gasteiger charge is -2.24. The van der Waals surface area contributed by atoms with Crippen molar-refractivity contribution in [3.8, 4) is 0 Å². The summed E-state index contributed by atoms with van der Waals surface area (Å²) in [6.45, 7) is 5.08. The van der Waals surface area contributed by atoms with Crippen LogP contribution in [0.25, 0.3) is 0 Å². The fourth-order valence-electron chi connectivity index (χ4n) is 2.00. The van der Waals surface area contributed by atoms with E-state index in [0.29, 0.717) is 6.04 Å². The largest absolute Gasteiger partial charge is 0.297 e. The summed E-state index contributed by atoms with van der Waals surface area (Å²) in [6.07, 6.45) is 8.85. The number of hydrogen-bond acceptors (Lipinski definition) is 5. The van der Waals surface area contributed by atoms with Crippen LogP contribution >= 0.6 is 0 Å². The maximum Gasteiger partial charge on any atom is 0.128 e. The van der Waals surface area contributed by atoms with E-state index >= 15 is 0 Å². The molecule has 0 aromatic carbocycles. The molecule has 1 atom stereocenters. The summed E-state index contributed by atoms with van der Waals surface area (Å²) >= 11 is 0. The second-order valence-electron chi connectivity index (χ2n) is 4.98. The third-order valence-electron chi connectivity index (χ3n) is 3.36. The Labute approximate surface area is 120 Å². The van der Waals surface area contributed by atoms with E-state index in [-0.39, 0.29) is 0 Å². The van der Waals surface area contributed by atoms with E-state index in [1.807, 2.05) is 18.5 Å². The molecule has 0 aliphatic heterocycles. The number of nitrogens with zero attached hydrogens (tertiary/aromatic N) is 5. The highest BCUT2D eigenvalue weighted by Crippen LogP contribution is 2.08. The Bertz CT molecular complexity index is 529. The molecule has 0 bridgehead atoms. The van der Waals surface area contributed by atoms with Gasteiger partial charge in [-0.2, -0.15) is 0 Å². The monoisotopic (exact) mass is 271 g/mol. The standard InChI is InChI=1S/C15H21N5/c1-4-15-18-6-5-13(19-15)11-20(3)12(2)9-14-10-16-7-8-17-14/h5-8,10,12H,4,9,11H2,1-3H3/t12-/m1/s1. The quantitative estimate of drug-likeness (QED) is 0.803. The topological polar surface area (TPSA) is 54.8 Å². The van der Waals surface area contributed by atoms with Gasteiger partial charge in [0.15, 0.2) is 0 Å². The van der Waals surface area contributed by atoms with Crippen molar-refractivity contribution in [3.63, 3.8) is 0 Å². The lowest BCUT2D eigenvalue weighted by molar-refractivity contribution is 0.243. The van der Waals surface area contributed by atoms with E-state index in [4.69, 9.17) is 0 Å². The second kappa shape index (κ2) is 7.05. The highest BCUT2D eigenvalue weighted by molar-refractivity contribution is 5.03. The molecule has 0 saturated heterocycles. The minimum atomic E-state index is 0.381. The maximum atomic E-state index is 4.54. The van der Waals surface area contributed by atoms with Gasteiger partial charge < -0.3 is 0 Å². The van der Waals surface area contributed by atoms with Gasteiger partial charge in [-0.25, -0.2) is 9.97 Å². The van der Waals surface area contributed by atoms with Crippen molar-refractivity contribution in [2.75, 3.05) is 7.05 Å². The molecule has 0 radical (unpaired) electrons. The number of rotatable bonds is 6. The van der Waals surface area contributed by atoms with E-state index in [1.165, 1.54) is 0 Å². The molecule has 0 N–H and O–H groups in total. The van der Waals surface area contributed by atoms with Crippen LogP contribution in [0.3, 0.4) is 0 Å². The molecular weight excluding hydrogens is 250 g/mol. The molecule has 0 amide bonds. The van der Waals surface area contributed by atoms with Crippen molar-refractivity contribution in [2.24, 2.45) is 0 Å². The first-order valence-corrected chi connectivity index (χ1v) is 6.95. The molecule has 5 heteroatoms. The van der Waals surface area contributed by atoms with Crippen molar-refractivity contribution in [3.05, 3.63) is 48.1 Å². The smallest absolute Gasteiger partial charge is 0.128 e. The van der Waals surface area contributed by atoms with E-state index in [9.17, 15) is 0 Å². The number of aromatic nitrogens is 4. The molecule has 20 heavy (non-hydrogen) atoms. The zero-order chi connectivity index (χ0) is 14.4. The van der Waals surface area contributed by atoms with Gasteiger partial charge >= 0.3 is 0 Å². The zero-order valence-electron chi connectivity index (χ0n) is 12.3. The average molecular weight is 271 g/mol. The molecule has 5 nitrogen and oxygen atoms in total. The van der Waals surface area contributed by atoms with Crippen molar-refractivity contribution >= 4 is 0 Å². The molecule has 2 heterocycles. The van der Waals surface area contributed by atoms with Crippen LogP contribution in [0, 0.1) is 0 Å². The van der Waals surface area contributed by atoms with Gasteiger partial charge in [-0.1, -0.05) is 6.92 Å². The van der Waals surface area contributed by atoms with Crippen LogP contribution in [-0.2, 0) is 19.4 Å². The lowest BCUT2D eigenvalue weighted by atomic mass is 10.1. The summed E-state index contributed by atoms with van der Waals surface area (Å²) in [5, 5.41) is 0. The minimum absolute atomic E-state index is 0.381.